The lowest BCUT2D eigenvalue weighted by atomic mass is 10.2. The van der Waals surface area contributed by atoms with Crippen LogP contribution in [0.2, 0.25) is 0 Å². The molecule has 21 heavy (non-hydrogen) atoms. The minimum Gasteiger partial charge on any atom is -0.477 e. The summed E-state index contributed by atoms with van der Waals surface area (Å²) in [5, 5.41) is 15.0. The molecule has 0 amide bonds. The fraction of sp³-hybridized carbons (Fsp3) is 0.231. The van der Waals surface area contributed by atoms with E-state index in [1.165, 1.54) is 12.1 Å². The summed E-state index contributed by atoms with van der Waals surface area (Å²) < 4.78 is 5.55. The first-order valence-electron chi connectivity index (χ1n) is 5.84. The van der Waals surface area contributed by atoms with E-state index in [0.29, 0.717) is 22.7 Å². The van der Waals surface area contributed by atoms with E-state index in [1.54, 1.807) is 20.8 Å². The summed E-state index contributed by atoms with van der Waals surface area (Å²) in [4.78, 5) is 26.5. The van der Waals surface area contributed by atoms with Gasteiger partial charge in [-0.15, -0.1) is 12.4 Å². The Bertz CT molecular complexity index is 719. The Labute approximate surface area is 126 Å². The summed E-state index contributed by atoms with van der Waals surface area (Å²) >= 11 is 0. The lowest BCUT2D eigenvalue weighted by Gasteiger charge is -2.11. The minimum absolute atomic E-state index is 0. The second-order valence-electron chi connectivity index (χ2n) is 4.35. The number of aromatic carboxylic acids is 1. The van der Waals surface area contributed by atoms with E-state index in [1.807, 2.05) is 0 Å². The lowest BCUT2D eigenvalue weighted by molar-refractivity contribution is 0.0690. The molecule has 0 spiro atoms. The zero-order valence-electron chi connectivity index (χ0n) is 11.6. The number of hydrogen-bond donors (Lipinski definition) is 2. The third-order valence-corrected chi connectivity index (χ3v) is 2.66. The number of nitrogens with zero attached hydrogens (tertiary/aromatic N) is 2. The third kappa shape index (κ3) is 3.57. The van der Waals surface area contributed by atoms with Gasteiger partial charge in [0, 0.05) is 6.07 Å². The van der Waals surface area contributed by atoms with Crippen molar-refractivity contribution >= 4 is 18.4 Å². The van der Waals surface area contributed by atoms with E-state index >= 15 is 0 Å². The molecule has 0 aliphatic carbocycles. The Morgan fingerprint density at radius 1 is 1.29 bits per heavy atom. The maximum atomic E-state index is 11.6. The molecule has 0 saturated carbocycles. The average Bonchev–Trinajstić information content (AvgIpc) is 2.37. The zero-order valence-corrected chi connectivity index (χ0v) is 12.4. The number of pyridine rings is 1. The molecule has 2 aromatic rings. The number of hydrogen-bond acceptors (Lipinski definition) is 5. The number of aromatic amines is 1. The van der Waals surface area contributed by atoms with Crippen molar-refractivity contribution in [3.63, 3.8) is 0 Å². The maximum absolute atomic E-state index is 11.6. The highest BCUT2D eigenvalue weighted by molar-refractivity contribution is 5.86. The second-order valence-corrected chi connectivity index (χ2v) is 4.35. The molecule has 2 rings (SSSR count). The molecule has 7 nitrogen and oxygen atoms in total. The number of halogens is 1. The predicted octanol–water partition coefficient (Wildman–Crippen LogP) is 2.00. The molecule has 2 N–H and O–H groups in total. The number of carboxylic acid groups (broad SMARTS) is 1. The van der Waals surface area contributed by atoms with Crippen LogP contribution in [0.15, 0.2) is 16.9 Å². The Hall–Kier alpha value is -2.41. The van der Waals surface area contributed by atoms with Crippen LogP contribution in [0, 0.1) is 20.8 Å². The van der Waals surface area contributed by atoms with Crippen LogP contribution in [0.4, 0.5) is 0 Å². The fourth-order valence-corrected chi connectivity index (χ4v) is 1.75. The lowest BCUT2D eigenvalue weighted by Crippen LogP contribution is -2.12. The summed E-state index contributed by atoms with van der Waals surface area (Å²) in [6.07, 6.45) is 0. The molecule has 0 atom stereocenters. The Morgan fingerprint density at radius 2 is 1.95 bits per heavy atom. The summed E-state index contributed by atoms with van der Waals surface area (Å²) in [5.74, 6) is -0.653. The van der Waals surface area contributed by atoms with E-state index < -0.39 is 11.5 Å². The highest BCUT2D eigenvalue weighted by Crippen LogP contribution is 2.26. The molecule has 2 heterocycles. The highest BCUT2D eigenvalue weighted by atomic mass is 35.5. The molecular weight excluding hydrogens is 298 g/mol. The molecule has 0 saturated heterocycles. The van der Waals surface area contributed by atoms with Crippen molar-refractivity contribution < 1.29 is 14.6 Å². The van der Waals surface area contributed by atoms with Gasteiger partial charge < -0.3 is 9.84 Å². The van der Waals surface area contributed by atoms with Crippen LogP contribution < -0.4 is 10.3 Å². The van der Waals surface area contributed by atoms with Gasteiger partial charge in [0.2, 0.25) is 0 Å². The van der Waals surface area contributed by atoms with Crippen molar-refractivity contribution in [3.8, 4) is 11.5 Å². The first kappa shape index (κ1) is 16.6. The van der Waals surface area contributed by atoms with Crippen LogP contribution in [-0.4, -0.2) is 26.3 Å². The summed E-state index contributed by atoms with van der Waals surface area (Å²) in [6, 6.07) is 2.90. The van der Waals surface area contributed by atoms with Gasteiger partial charge in [0.05, 0.1) is 11.4 Å². The third-order valence-electron chi connectivity index (χ3n) is 2.66. The van der Waals surface area contributed by atoms with Crippen LogP contribution >= 0.6 is 12.4 Å². The number of nitrogens with one attached hydrogen (secondary N) is 1. The van der Waals surface area contributed by atoms with Crippen molar-refractivity contribution in [3.05, 3.63) is 45.1 Å². The molecule has 0 radical (unpaired) electrons. The van der Waals surface area contributed by atoms with Gasteiger partial charge in [-0.25, -0.2) is 14.9 Å². The Kier molecular flexibility index (Phi) is 5.04. The highest BCUT2D eigenvalue weighted by Gasteiger charge is 2.14. The predicted molar refractivity (Wildman–Crippen MR) is 77.6 cm³/mol. The van der Waals surface area contributed by atoms with Gasteiger partial charge in [-0.1, -0.05) is 0 Å². The summed E-state index contributed by atoms with van der Waals surface area (Å²) in [5.41, 5.74) is 1.06. The smallest absolute Gasteiger partial charge is 0.354 e. The summed E-state index contributed by atoms with van der Waals surface area (Å²) in [7, 11) is 0. The van der Waals surface area contributed by atoms with Gasteiger partial charge in [0.1, 0.15) is 5.69 Å². The van der Waals surface area contributed by atoms with Crippen LogP contribution in [0.25, 0.3) is 0 Å². The Morgan fingerprint density at radius 3 is 2.52 bits per heavy atom. The summed E-state index contributed by atoms with van der Waals surface area (Å²) in [6.45, 7) is 5.03. The first-order chi connectivity index (χ1) is 9.38. The van der Waals surface area contributed by atoms with Crippen LogP contribution in [0.3, 0.4) is 0 Å². The number of H-pyrrole nitrogens is 1. The van der Waals surface area contributed by atoms with Gasteiger partial charge in [-0.3, -0.25) is 4.79 Å². The van der Waals surface area contributed by atoms with E-state index in [-0.39, 0.29) is 23.9 Å². The normalized spacial score (nSPS) is 9.86. The molecule has 2 aromatic heterocycles. The molecule has 0 unspecified atom stereocenters. The first-order valence-corrected chi connectivity index (χ1v) is 5.84. The van der Waals surface area contributed by atoms with Gasteiger partial charge in [0.15, 0.2) is 11.5 Å². The number of carbonyl (C=O) groups is 1. The van der Waals surface area contributed by atoms with Crippen molar-refractivity contribution in [1.82, 2.24) is 15.2 Å². The number of ether oxygens (including phenoxy) is 1. The van der Waals surface area contributed by atoms with Crippen molar-refractivity contribution in [1.29, 1.82) is 0 Å². The standard InChI is InChI=1S/C13H13N3O4.ClH/c1-6-4-9(13(18)19)14-8(3)11(6)20-10-5-7(2)15-16-12(10)17;/h4-5H,1-3H3,(H,16,17)(H,18,19);1H. The number of aromatic nitrogens is 3. The van der Waals surface area contributed by atoms with Crippen LogP contribution in [-0.2, 0) is 0 Å². The quantitative estimate of drug-likeness (QED) is 0.898. The van der Waals surface area contributed by atoms with E-state index in [4.69, 9.17) is 9.84 Å². The van der Waals surface area contributed by atoms with Crippen molar-refractivity contribution in [2.75, 3.05) is 0 Å². The number of rotatable bonds is 3. The molecule has 8 heteroatoms. The van der Waals surface area contributed by atoms with Gasteiger partial charge in [-0.05, 0) is 32.4 Å². The maximum Gasteiger partial charge on any atom is 0.354 e. The van der Waals surface area contributed by atoms with Gasteiger partial charge in [-0.2, -0.15) is 5.10 Å². The Balaban J connectivity index is 0.00000220. The molecule has 0 aromatic carbocycles. The minimum atomic E-state index is -1.11. The molecule has 0 aliphatic heterocycles. The molecular formula is C13H14ClN3O4. The molecule has 0 aliphatic rings. The van der Waals surface area contributed by atoms with Gasteiger partial charge >= 0.3 is 11.5 Å². The number of carboxylic acids is 1. The number of aryl methyl sites for hydroxylation is 3. The molecule has 0 bridgehead atoms. The van der Waals surface area contributed by atoms with Crippen LogP contribution in [0.1, 0.15) is 27.4 Å². The molecule has 112 valence electrons. The SMILES string of the molecule is Cc1cc(Oc2c(C)cc(C(=O)O)nc2C)c(=O)[nH]n1.Cl. The van der Waals surface area contributed by atoms with E-state index in [0.717, 1.165) is 0 Å². The fourth-order valence-electron chi connectivity index (χ4n) is 1.75. The average molecular weight is 312 g/mol. The largest absolute Gasteiger partial charge is 0.477 e. The zero-order chi connectivity index (χ0) is 14.9. The van der Waals surface area contributed by atoms with E-state index in [9.17, 15) is 9.59 Å². The van der Waals surface area contributed by atoms with Crippen LogP contribution in [0.5, 0.6) is 11.5 Å². The van der Waals surface area contributed by atoms with Gasteiger partial charge in [0.25, 0.3) is 0 Å². The molecule has 0 fully saturated rings. The second kappa shape index (κ2) is 6.36. The van der Waals surface area contributed by atoms with E-state index in [2.05, 4.69) is 15.2 Å². The monoisotopic (exact) mass is 311 g/mol. The van der Waals surface area contributed by atoms with Crippen molar-refractivity contribution in [2.24, 2.45) is 0 Å². The topological polar surface area (TPSA) is 105 Å². The van der Waals surface area contributed by atoms with Crippen molar-refractivity contribution in [2.45, 2.75) is 20.8 Å².